The van der Waals surface area contributed by atoms with Crippen molar-refractivity contribution in [2.24, 2.45) is 11.3 Å². The van der Waals surface area contributed by atoms with Crippen molar-refractivity contribution in [1.82, 2.24) is 9.80 Å². The molecule has 0 bridgehead atoms. The Labute approximate surface area is 209 Å². The summed E-state index contributed by atoms with van der Waals surface area (Å²) >= 11 is 0. The second-order valence-electron chi connectivity index (χ2n) is 10.7. The number of amides is 2. The molecule has 3 rings (SSSR count). The van der Waals surface area contributed by atoms with Crippen LogP contribution in [0.1, 0.15) is 57.1 Å². The molecule has 192 valence electrons. The number of methoxy groups -OCH3 is 2. The lowest BCUT2D eigenvalue weighted by molar-refractivity contribution is -0.142. The third-order valence-electron chi connectivity index (χ3n) is 6.15. The van der Waals surface area contributed by atoms with E-state index in [1.54, 1.807) is 24.0 Å². The van der Waals surface area contributed by atoms with Gasteiger partial charge in [-0.2, -0.15) is 0 Å². The summed E-state index contributed by atoms with van der Waals surface area (Å²) in [5.41, 5.74) is 0.913. The molecule has 1 aromatic heterocycles. The highest BCUT2D eigenvalue weighted by atomic mass is 16.5. The topological polar surface area (TPSA) is 72.2 Å². The Morgan fingerprint density at radius 2 is 1.71 bits per heavy atom. The zero-order valence-electron chi connectivity index (χ0n) is 22.1. The second kappa shape index (κ2) is 11.6. The molecule has 0 N–H and O–H groups in total. The highest BCUT2D eigenvalue weighted by Gasteiger charge is 2.31. The highest BCUT2D eigenvalue weighted by molar-refractivity contribution is 5.85. The molecule has 35 heavy (non-hydrogen) atoms. The molecule has 0 spiro atoms. The fourth-order valence-electron chi connectivity index (χ4n) is 4.05. The van der Waals surface area contributed by atoms with Gasteiger partial charge >= 0.3 is 0 Å². The zero-order chi connectivity index (χ0) is 25.6. The molecule has 1 heterocycles. The van der Waals surface area contributed by atoms with Gasteiger partial charge in [0.15, 0.2) is 11.5 Å². The van der Waals surface area contributed by atoms with Crippen LogP contribution in [0.2, 0.25) is 0 Å². The van der Waals surface area contributed by atoms with Gasteiger partial charge in [-0.1, -0.05) is 26.8 Å². The second-order valence-corrected chi connectivity index (χ2v) is 10.7. The zero-order valence-corrected chi connectivity index (χ0v) is 22.1. The quantitative estimate of drug-likeness (QED) is 0.431. The average Bonchev–Trinajstić information content (AvgIpc) is 3.53. The first-order valence-electron chi connectivity index (χ1n) is 12.4. The first-order chi connectivity index (χ1) is 16.6. The van der Waals surface area contributed by atoms with Crippen LogP contribution in [0.4, 0.5) is 0 Å². The van der Waals surface area contributed by atoms with Crippen LogP contribution in [0.3, 0.4) is 0 Å². The third kappa shape index (κ3) is 8.34. The Kier molecular flexibility index (Phi) is 8.87. The van der Waals surface area contributed by atoms with Crippen molar-refractivity contribution in [3.8, 4) is 11.5 Å². The van der Waals surface area contributed by atoms with E-state index in [0.717, 1.165) is 29.9 Å². The molecule has 7 nitrogen and oxygen atoms in total. The largest absolute Gasteiger partial charge is 0.493 e. The number of furan rings is 1. The van der Waals surface area contributed by atoms with Crippen LogP contribution in [-0.2, 0) is 22.6 Å². The molecule has 7 heteroatoms. The molecule has 1 aromatic carbocycles. The van der Waals surface area contributed by atoms with Gasteiger partial charge in [-0.15, -0.1) is 0 Å². The molecule has 2 amide bonds. The number of aryl methyl sites for hydroxylation is 1. The van der Waals surface area contributed by atoms with Gasteiger partial charge in [0.25, 0.3) is 0 Å². The molecule has 0 aliphatic heterocycles. The van der Waals surface area contributed by atoms with E-state index in [0.29, 0.717) is 49.9 Å². The Morgan fingerprint density at radius 1 is 1.00 bits per heavy atom. The molecule has 1 aliphatic rings. The maximum Gasteiger partial charge on any atom is 0.242 e. The van der Waals surface area contributed by atoms with Crippen LogP contribution in [-0.4, -0.2) is 55.5 Å². The number of carbonyl (C=O) groups is 2. The Morgan fingerprint density at radius 3 is 2.29 bits per heavy atom. The number of carbonyl (C=O) groups excluding carboxylic acids is 2. The summed E-state index contributed by atoms with van der Waals surface area (Å²) in [6.07, 6.45) is 3.32. The molecular weight excluding hydrogens is 444 g/mol. The molecule has 2 aromatic rings. The van der Waals surface area contributed by atoms with Crippen molar-refractivity contribution >= 4 is 11.8 Å². The Hall–Kier alpha value is -2.96. The Bertz CT molecular complexity index is 1000. The molecule has 1 fully saturated rings. The van der Waals surface area contributed by atoms with E-state index in [9.17, 15) is 9.59 Å². The third-order valence-corrected chi connectivity index (χ3v) is 6.15. The van der Waals surface area contributed by atoms with Crippen LogP contribution in [0.25, 0.3) is 0 Å². The smallest absolute Gasteiger partial charge is 0.242 e. The van der Waals surface area contributed by atoms with Crippen molar-refractivity contribution in [3.05, 3.63) is 47.4 Å². The molecule has 0 unspecified atom stereocenters. The van der Waals surface area contributed by atoms with E-state index in [2.05, 4.69) is 20.8 Å². The predicted octanol–water partition coefficient (Wildman–Crippen LogP) is 4.85. The number of benzene rings is 1. The van der Waals surface area contributed by atoms with Crippen molar-refractivity contribution in [2.45, 2.75) is 59.9 Å². The van der Waals surface area contributed by atoms with Gasteiger partial charge in [0.05, 0.1) is 27.3 Å². The fraction of sp³-hybridized carbons (Fsp3) is 0.571. The number of rotatable bonds is 12. The van der Waals surface area contributed by atoms with Crippen molar-refractivity contribution in [3.63, 3.8) is 0 Å². The average molecular weight is 485 g/mol. The van der Waals surface area contributed by atoms with Gasteiger partial charge < -0.3 is 23.7 Å². The number of hydrogen-bond acceptors (Lipinski definition) is 5. The number of nitrogens with zero attached hydrogens (tertiary/aromatic N) is 2. The predicted molar refractivity (Wildman–Crippen MR) is 135 cm³/mol. The minimum absolute atomic E-state index is 0.0476. The van der Waals surface area contributed by atoms with E-state index in [1.165, 1.54) is 0 Å². The van der Waals surface area contributed by atoms with Crippen molar-refractivity contribution in [2.75, 3.05) is 33.9 Å². The first kappa shape index (κ1) is 26.6. The van der Waals surface area contributed by atoms with E-state index in [1.807, 2.05) is 37.3 Å². The number of ether oxygens (including phenoxy) is 2. The molecule has 0 atom stereocenters. The summed E-state index contributed by atoms with van der Waals surface area (Å²) in [7, 11) is 3.22. The summed E-state index contributed by atoms with van der Waals surface area (Å²) in [5, 5.41) is 0. The van der Waals surface area contributed by atoms with Gasteiger partial charge in [0.2, 0.25) is 11.8 Å². The maximum absolute atomic E-state index is 13.5. The molecule has 1 aliphatic carbocycles. The first-order valence-corrected chi connectivity index (χ1v) is 12.4. The van der Waals surface area contributed by atoms with E-state index in [-0.39, 0.29) is 23.8 Å². The van der Waals surface area contributed by atoms with Gasteiger partial charge in [0, 0.05) is 19.5 Å². The summed E-state index contributed by atoms with van der Waals surface area (Å²) in [5.74, 6) is 3.37. The van der Waals surface area contributed by atoms with Crippen LogP contribution in [0.5, 0.6) is 11.5 Å². The van der Waals surface area contributed by atoms with Crippen LogP contribution in [0.15, 0.2) is 34.7 Å². The van der Waals surface area contributed by atoms with Gasteiger partial charge in [-0.05, 0) is 67.3 Å². The minimum atomic E-state index is -0.124. The summed E-state index contributed by atoms with van der Waals surface area (Å²) in [6, 6.07) is 9.59. The molecule has 0 saturated heterocycles. The standard InChI is InChI=1S/C28H40N2O5/c1-20-7-11-23(35-20)18-29(14-13-21-10-12-24(33-5)25(15-21)34-6)27(32)19-30(17-22-8-9-22)26(31)16-28(2,3)4/h7,10-12,15,22H,8-9,13-14,16-19H2,1-6H3. The lowest BCUT2D eigenvalue weighted by Gasteiger charge is -2.29. The van der Waals surface area contributed by atoms with Crippen molar-refractivity contribution in [1.29, 1.82) is 0 Å². The van der Waals surface area contributed by atoms with Crippen LogP contribution in [0, 0.1) is 18.3 Å². The Balaban J connectivity index is 1.74. The van der Waals surface area contributed by atoms with E-state index in [4.69, 9.17) is 13.9 Å². The summed E-state index contributed by atoms with van der Waals surface area (Å²) < 4.78 is 16.5. The monoisotopic (exact) mass is 484 g/mol. The van der Waals surface area contributed by atoms with E-state index < -0.39 is 0 Å². The van der Waals surface area contributed by atoms with Crippen LogP contribution < -0.4 is 9.47 Å². The van der Waals surface area contributed by atoms with E-state index >= 15 is 0 Å². The molecule has 0 radical (unpaired) electrons. The summed E-state index contributed by atoms with van der Waals surface area (Å²) in [6.45, 7) is 9.66. The minimum Gasteiger partial charge on any atom is -0.493 e. The highest BCUT2D eigenvalue weighted by Crippen LogP contribution is 2.31. The van der Waals surface area contributed by atoms with Gasteiger partial charge in [-0.25, -0.2) is 0 Å². The molecular formula is C28H40N2O5. The fourth-order valence-corrected chi connectivity index (χ4v) is 4.05. The normalized spacial score (nSPS) is 13.4. The summed E-state index contributed by atoms with van der Waals surface area (Å²) in [4.78, 5) is 30.1. The van der Waals surface area contributed by atoms with Gasteiger partial charge in [0.1, 0.15) is 11.5 Å². The van der Waals surface area contributed by atoms with Crippen molar-refractivity contribution < 1.29 is 23.5 Å². The lowest BCUT2D eigenvalue weighted by Crippen LogP contribution is -2.44. The van der Waals surface area contributed by atoms with Gasteiger partial charge in [-0.3, -0.25) is 9.59 Å². The molecule has 1 saturated carbocycles. The number of hydrogen-bond donors (Lipinski definition) is 0. The maximum atomic E-state index is 13.5. The SMILES string of the molecule is COc1ccc(CCN(Cc2ccc(C)o2)C(=O)CN(CC2CC2)C(=O)CC(C)(C)C)cc1OC. The lowest BCUT2D eigenvalue weighted by atomic mass is 9.91. The van der Waals surface area contributed by atoms with Crippen LogP contribution >= 0.6 is 0 Å².